The zero-order valence-electron chi connectivity index (χ0n) is 11.0. The van der Waals surface area contributed by atoms with Crippen LogP contribution in [0.2, 0.25) is 0 Å². The van der Waals surface area contributed by atoms with Crippen molar-refractivity contribution in [3.05, 3.63) is 59.2 Å². The molecule has 0 spiro atoms. The number of nitrogens with one attached hydrogen (secondary N) is 1. The third-order valence-electron chi connectivity index (χ3n) is 2.77. The number of halogens is 1. The van der Waals surface area contributed by atoms with Crippen molar-refractivity contribution in [1.82, 2.24) is 4.98 Å². The molecule has 0 aliphatic rings. The Balaban J connectivity index is 2.19. The molecular weight excluding hydrogens is 259 g/mol. The Morgan fingerprint density at radius 3 is 2.95 bits per heavy atom. The maximum Gasteiger partial charge on any atom is 0.189 e. The lowest BCUT2D eigenvalue weighted by Gasteiger charge is -2.10. The van der Waals surface area contributed by atoms with Gasteiger partial charge in [-0.1, -0.05) is 11.2 Å². The minimum atomic E-state index is -0.296. The van der Waals surface area contributed by atoms with Crippen LogP contribution in [0.4, 0.5) is 10.1 Å². The molecule has 0 unspecified atom stereocenters. The number of hydrogen-bond acceptors (Lipinski definition) is 4. The Morgan fingerprint density at radius 1 is 1.45 bits per heavy atom. The maximum atomic E-state index is 13.3. The van der Waals surface area contributed by atoms with Crippen molar-refractivity contribution < 1.29 is 9.60 Å². The highest BCUT2D eigenvalue weighted by Gasteiger charge is 2.08. The summed E-state index contributed by atoms with van der Waals surface area (Å²) in [6.45, 7) is 2.21. The van der Waals surface area contributed by atoms with Gasteiger partial charge in [0, 0.05) is 24.0 Å². The van der Waals surface area contributed by atoms with Gasteiger partial charge in [-0.05, 0) is 36.8 Å². The van der Waals surface area contributed by atoms with Gasteiger partial charge < -0.3 is 16.3 Å². The molecule has 6 heteroatoms. The van der Waals surface area contributed by atoms with Gasteiger partial charge in [0.1, 0.15) is 11.5 Å². The predicted octanol–water partition coefficient (Wildman–Crippen LogP) is 2.24. The van der Waals surface area contributed by atoms with Crippen LogP contribution in [0.3, 0.4) is 0 Å². The molecule has 0 radical (unpaired) electrons. The van der Waals surface area contributed by atoms with E-state index in [0.29, 0.717) is 17.9 Å². The molecule has 1 heterocycles. The van der Waals surface area contributed by atoms with Crippen LogP contribution in [-0.2, 0) is 6.54 Å². The predicted molar refractivity (Wildman–Crippen MR) is 75.2 cm³/mol. The molecule has 4 N–H and O–H groups in total. The van der Waals surface area contributed by atoms with Crippen LogP contribution in [0.1, 0.15) is 16.8 Å². The number of anilines is 1. The fourth-order valence-corrected chi connectivity index (χ4v) is 1.89. The van der Waals surface area contributed by atoms with Gasteiger partial charge in [0.05, 0.1) is 0 Å². The summed E-state index contributed by atoms with van der Waals surface area (Å²) < 4.78 is 13.3. The standard InChI is InChI=1S/C14H15FN4O/c1-9-5-11(15)7-12(6-9)18-8-10-3-2-4-17-13(10)14(16)19-20/h2-7,18,20H,8H2,1H3,(H2,16,19). The van der Waals surface area contributed by atoms with Gasteiger partial charge in [0.15, 0.2) is 5.84 Å². The lowest BCUT2D eigenvalue weighted by atomic mass is 10.1. The van der Waals surface area contributed by atoms with E-state index in [4.69, 9.17) is 10.9 Å². The number of benzene rings is 1. The summed E-state index contributed by atoms with van der Waals surface area (Å²) in [6, 6.07) is 8.26. The molecule has 5 nitrogen and oxygen atoms in total. The number of oxime groups is 1. The van der Waals surface area contributed by atoms with Crippen LogP contribution in [0.25, 0.3) is 0 Å². The first-order valence-electron chi connectivity index (χ1n) is 6.03. The zero-order chi connectivity index (χ0) is 14.5. The van der Waals surface area contributed by atoms with Crippen LogP contribution in [0.15, 0.2) is 41.7 Å². The van der Waals surface area contributed by atoms with Crippen LogP contribution in [0.5, 0.6) is 0 Å². The van der Waals surface area contributed by atoms with E-state index in [-0.39, 0.29) is 11.7 Å². The Bertz CT molecular complexity index is 623. The molecule has 0 saturated carbocycles. The second-order valence-electron chi connectivity index (χ2n) is 4.37. The lowest BCUT2D eigenvalue weighted by Crippen LogP contribution is -2.18. The minimum Gasteiger partial charge on any atom is -0.409 e. The molecular formula is C14H15FN4O. The summed E-state index contributed by atoms with van der Waals surface area (Å²) >= 11 is 0. The molecule has 1 aromatic carbocycles. The molecule has 0 aliphatic heterocycles. The summed E-state index contributed by atoms with van der Waals surface area (Å²) in [5.41, 5.74) is 8.21. The Kier molecular flexibility index (Phi) is 4.14. The quantitative estimate of drug-likeness (QED) is 0.345. The third-order valence-corrected chi connectivity index (χ3v) is 2.77. The van der Waals surface area contributed by atoms with Crippen LogP contribution < -0.4 is 11.1 Å². The molecule has 0 fully saturated rings. The third kappa shape index (κ3) is 3.23. The molecule has 0 atom stereocenters. The first kappa shape index (κ1) is 13.8. The highest BCUT2D eigenvalue weighted by molar-refractivity contribution is 5.96. The van der Waals surface area contributed by atoms with E-state index < -0.39 is 0 Å². The number of aromatic nitrogens is 1. The van der Waals surface area contributed by atoms with E-state index >= 15 is 0 Å². The van der Waals surface area contributed by atoms with Gasteiger partial charge in [-0.2, -0.15) is 0 Å². The van der Waals surface area contributed by atoms with E-state index in [0.717, 1.165) is 11.1 Å². The summed E-state index contributed by atoms with van der Waals surface area (Å²) in [4.78, 5) is 4.07. The summed E-state index contributed by atoms with van der Waals surface area (Å²) in [6.07, 6.45) is 1.56. The Labute approximate surface area is 116 Å². The van der Waals surface area contributed by atoms with Crippen molar-refractivity contribution in [2.45, 2.75) is 13.5 Å². The lowest BCUT2D eigenvalue weighted by molar-refractivity contribution is 0.318. The molecule has 2 rings (SSSR count). The van der Waals surface area contributed by atoms with E-state index in [1.807, 2.05) is 13.0 Å². The topological polar surface area (TPSA) is 83.5 Å². The molecule has 0 aliphatic carbocycles. The van der Waals surface area contributed by atoms with Crippen molar-refractivity contribution in [2.24, 2.45) is 10.9 Å². The van der Waals surface area contributed by atoms with Gasteiger partial charge in [0.2, 0.25) is 0 Å². The molecule has 1 aromatic heterocycles. The van der Waals surface area contributed by atoms with E-state index in [2.05, 4.69) is 15.5 Å². The van der Waals surface area contributed by atoms with E-state index in [1.165, 1.54) is 12.1 Å². The second-order valence-corrected chi connectivity index (χ2v) is 4.37. The summed E-state index contributed by atoms with van der Waals surface area (Å²) in [5, 5.41) is 14.8. The normalized spacial score (nSPS) is 11.4. The highest BCUT2D eigenvalue weighted by Crippen LogP contribution is 2.15. The molecule has 20 heavy (non-hydrogen) atoms. The van der Waals surface area contributed by atoms with Gasteiger partial charge in [0.25, 0.3) is 0 Å². The van der Waals surface area contributed by atoms with Crippen molar-refractivity contribution in [3.8, 4) is 0 Å². The second kappa shape index (κ2) is 6.01. The number of rotatable bonds is 4. The zero-order valence-corrected chi connectivity index (χ0v) is 11.0. The van der Waals surface area contributed by atoms with Crippen molar-refractivity contribution in [1.29, 1.82) is 0 Å². The van der Waals surface area contributed by atoms with Gasteiger partial charge in [-0.25, -0.2) is 4.39 Å². The molecule has 0 amide bonds. The average Bonchev–Trinajstić information content (AvgIpc) is 2.43. The van der Waals surface area contributed by atoms with Crippen LogP contribution in [-0.4, -0.2) is 16.0 Å². The van der Waals surface area contributed by atoms with Crippen molar-refractivity contribution in [2.75, 3.05) is 5.32 Å². The highest BCUT2D eigenvalue weighted by atomic mass is 19.1. The number of nitrogens with two attached hydrogens (primary N) is 1. The van der Waals surface area contributed by atoms with Crippen LogP contribution in [0, 0.1) is 12.7 Å². The number of pyridine rings is 1. The summed E-state index contributed by atoms with van der Waals surface area (Å²) in [7, 11) is 0. The first-order valence-corrected chi connectivity index (χ1v) is 6.03. The fourth-order valence-electron chi connectivity index (χ4n) is 1.89. The molecule has 104 valence electrons. The smallest absolute Gasteiger partial charge is 0.189 e. The molecule has 0 bridgehead atoms. The first-order chi connectivity index (χ1) is 9.60. The van der Waals surface area contributed by atoms with Crippen molar-refractivity contribution >= 4 is 11.5 Å². The molecule has 0 saturated heterocycles. The van der Waals surface area contributed by atoms with Crippen LogP contribution >= 0.6 is 0 Å². The minimum absolute atomic E-state index is 0.0576. The van der Waals surface area contributed by atoms with Gasteiger partial charge in [-0.15, -0.1) is 0 Å². The fraction of sp³-hybridized carbons (Fsp3) is 0.143. The Morgan fingerprint density at radius 2 is 2.25 bits per heavy atom. The Hall–Kier alpha value is -2.63. The van der Waals surface area contributed by atoms with Gasteiger partial charge in [-0.3, -0.25) is 4.98 Å². The number of nitrogens with zero attached hydrogens (tertiary/aromatic N) is 2. The van der Waals surface area contributed by atoms with E-state index in [9.17, 15) is 4.39 Å². The number of aryl methyl sites for hydroxylation is 1. The monoisotopic (exact) mass is 274 g/mol. The van der Waals surface area contributed by atoms with E-state index in [1.54, 1.807) is 18.3 Å². The SMILES string of the molecule is Cc1cc(F)cc(NCc2cccnc2C(N)=NO)c1. The average molecular weight is 274 g/mol. The van der Waals surface area contributed by atoms with Crippen molar-refractivity contribution in [3.63, 3.8) is 0 Å². The maximum absolute atomic E-state index is 13.3. The number of hydrogen-bond donors (Lipinski definition) is 3. The number of amidine groups is 1. The largest absolute Gasteiger partial charge is 0.409 e. The van der Waals surface area contributed by atoms with Gasteiger partial charge >= 0.3 is 0 Å². The molecule has 2 aromatic rings. The summed E-state index contributed by atoms with van der Waals surface area (Å²) in [5.74, 6) is -0.354.